The van der Waals surface area contributed by atoms with E-state index in [1.165, 1.54) is 31.5 Å². The second kappa shape index (κ2) is 9.71. The smallest absolute Gasteiger partial charge is 0.359 e. The number of hydrogen-bond donors (Lipinski definition) is 5. The molecule has 1 aliphatic rings. The Labute approximate surface area is 206 Å². The summed E-state index contributed by atoms with van der Waals surface area (Å²) in [6.07, 6.45) is -3.95. The quantitative estimate of drug-likeness (QED) is 0.250. The van der Waals surface area contributed by atoms with Gasteiger partial charge < -0.3 is 34.5 Å². The van der Waals surface area contributed by atoms with Crippen LogP contribution in [0.3, 0.4) is 0 Å². The minimum Gasteiger partial charge on any atom is -0.388 e. The van der Waals surface area contributed by atoms with Gasteiger partial charge in [0.2, 0.25) is 4.77 Å². The minimum atomic E-state index is -4.49. The monoisotopic (exact) mass is 535 g/mol. The number of ether oxygens (including phenoxy) is 1. The molecule has 1 aliphatic heterocycles. The maximum absolute atomic E-state index is 14.7. The Kier molecular flexibility index (Phi) is 7.77. The van der Waals surface area contributed by atoms with Crippen LogP contribution in [0.4, 0.5) is 4.39 Å². The van der Waals surface area contributed by atoms with Crippen molar-refractivity contribution in [3.63, 3.8) is 0 Å². The minimum absolute atomic E-state index is 0.0293. The van der Waals surface area contributed by atoms with E-state index in [1.807, 2.05) is 0 Å². The number of fused-ring (bicyclic) bond motifs is 1. The van der Waals surface area contributed by atoms with Crippen LogP contribution in [-0.4, -0.2) is 64.0 Å². The van der Waals surface area contributed by atoms with Crippen LogP contribution >= 0.6 is 19.8 Å². The predicted molar refractivity (Wildman–Crippen MR) is 127 cm³/mol. The van der Waals surface area contributed by atoms with Gasteiger partial charge in [0.25, 0.3) is 5.56 Å². The Bertz CT molecular complexity index is 1280. The number of aromatic nitrogens is 3. The number of nitrogens with one attached hydrogen (secondary N) is 1. The van der Waals surface area contributed by atoms with Gasteiger partial charge in [0.1, 0.15) is 23.7 Å². The Hall–Kier alpha value is -1.57. The standard InChI is InChI=1S/C21H31FN3O8PS/c1-6-20(4,33-34(30,31)21(5,29)7-2)8-12-14(26)15(27)18(32-12)25-9-11-13(22)10(3)17(28)23-16(11)24-19(25)35/h9,12,14-15,18,26-27,29H,6-8H2,1-5H3,(H,30,31)(H,23,24,28,35)/t12-,14?,15+,18-,20?,21?/m1/s1. The van der Waals surface area contributed by atoms with Crippen molar-refractivity contribution in [1.82, 2.24) is 14.5 Å². The molecule has 196 valence electrons. The molecule has 14 heteroatoms. The van der Waals surface area contributed by atoms with Gasteiger partial charge in [-0.1, -0.05) is 13.8 Å². The maximum atomic E-state index is 14.7. The number of aliphatic hydroxyl groups is 3. The molecule has 0 saturated carbocycles. The number of aliphatic hydroxyl groups excluding tert-OH is 2. The highest BCUT2D eigenvalue weighted by Crippen LogP contribution is 2.59. The normalized spacial score (nSPS) is 27.9. The Morgan fingerprint density at radius 1 is 1.31 bits per heavy atom. The van der Waals surface area contributed by atoms with E-state index in [-0.39, 0.29) is 40.6 Å². The summed E-state index contributed by atoms with van der Waals surface area (Å²) in [7, 11) is -4.49. The molecule has 1 fully saturated rings. The van der Waals surface area contributed by atoms with E-state index < -0.39 is 54.5 Å². The molecule has 3 heterocycles. The molecule has 7 atom stereocenters. The highest BCUT2D eigenvalue weighted by atomic mass is 32.1. The summed E-state index contributed by atoms with van der Waals surface area (Å²) in [5, 5.41) is 29.7. The lowest BCUT2D eigenvalue weighted by molar-refractivity contribution is -0.0707. The Morgan fingerprint density at radius 2 is 1.94 bits per heavy atom. The van der Waals surface area contributed by atoms with Crippen molar-refractivity contribution in [2.75, 3.05) is 0 Å². The molecule has 0 amide bonds. The summed E-state index contributed by atoms with van der Waals surface area (Å²) in [5.74, 6) is -0.807. The summed E-state index contributed by atoms with van der Waals surface area (Å²) >= 11 is 5.24. The molecule has 5 N–H and O–H groups in total. The maximum Gasteiger partial charge on any atom is 0.359 e. The van der Waals surface area contributed by atoms with Crippen LogP contribution in [0.25, 0.3) is 11.0 Å². The molecule has 35 heavy (non-hydrogen) atoms. The molecular weight excluding hydrogens is 504 g/mol. The van der Waals surface area contributed by atoms with E-state index in [0.29, 0.717) is 0 Å². The van der Waals surface area contributed by atoms with Gasteiger partial charge in [0.15, 0.2) is 11.6 Å². The lowest BCUT2D eigenvalue weighted by Gasteiger charge is -2.37. The second-order valence-electron chi connectivity index (χ2n) is 9.32. The van der Waals surface area contributed by atoms with Crippen molar-refractivity contribution in [2.24, 2.45) is 0 Å². The van der Waals surface area contributed by atoms with Crippen LogP contribution in [-0.2, 0) is 13.8 Å². The van der Waals surface area contributed by atoms with Crippen molar-refractivity contribution in [2.45, 2.75) is 89.4 Å². The van der Waals surface area contributed by atoms with E-state index in [9.17, 15) is 34.0 Å². The van der Waals surface area contributed by atoms with Crippen LogP contribution in [0.1, 0.15) is 58.7 Å². The molecule has 0 radical (unpaired) electrons. The van der Waals surface area contributed by atoms with Gasteiger partial charge in [-0.15, -0.1) is 0 Å². The number of aromatic amines is 1. The van der Waals surface area contributed by atoms with Gasteiger partial charge in [0.05, 0.1) is 22.7 Å². The van der Waals surface area contributed by atoms with Crippen LogP contribution in [0.15, 0.2) is 11.0 Å². The first-order valence-corrected chi connectivity index (χ1v) is 13.1. The first kappa shape index (κ1) is 28.0. The largest absolute Gasteiger partial charge is 0.388 e. The molecule has 3 rings (SSSR count). The average molecular weight is 536 g/mol. The van der Waals surface area contributed by atoms with Crippen molar-refractivity contribution in [3.05, 3.63) is 32.7 Å². The fourth-order valence-corrected chi connectivity index (χ4v) is 5.45. The summed E-state index contributed by atoms with van der Waals surface area (Å²) in [5.41, 5.74) is -2.18. The van der Waals surface area contributed by atoms with Gasteiger partial charge >= 0.3 is 7.60 Å². The van der Waals surface area contributed by atoms with Gasteiger partial charge in [-0.3, -0.25) is 13.9 Å². The van der Waals surface area contributed by atoms with Gasteiger partial charge in [-0.05, 0) is 45.8 Å². The van der Waals surface area contributed by atoms with Crippen molar-refractivity contribution in [1.29, 1.82) is 0 Å². The number of pyridine rings is 1. The zero-order chi connectivity index (χ0) is 26.5. The highest BCUT2D eigenvalue weighted by molar-refractivity contribution is 7.71. The molecule has 0 aromatic carbocycles. The van der Waals surface area contributed by atoms with E-state index in [2.05, 4.69) is 9.97 Å². The zero-order valence-corrected chi connectivity index (χ0v) is 21.8. The zero-order valence-electron chi connectivity index (χ0n) is 20.1. The molecule has 11 nitrogen and oxygen atoms in total. The molecule has 2 aromatic heterocycles. The lowest BCUT2D eigenvalue weighted by Crippen LogP contribution is -2.40. The Morgan fingerprint density at radius 3 is 2.51 bits per heavy atom. The SMILES string of the molecule is CCC(C)(C[C@H]1O[C@@H](n2cc3c(F)c(C)c(=O)[nH]c3nc2=S)[C@@H](O)C1O)OP(=O)(O)C(C)(O)CC. The third-order valence-electron chi connectivity index (χ3n) is 6.70. The summed E-state index contributed by atoms with van der Waals surface area (Å²) < 4.78 is 39.9. The first-order valence-electron chi connectivity index (χ1n) is 11.2. The van der Waals surface area contributed by atoms with E-state index >= 15 is 0 Å². The van der Waals surface area contributed by atoms with Gasteiger partial charge in [-0.25, -0.2) is 9.37 Å². The third-order valence-corrected chi connectivity index (χ3v) is 9.23. The number of rotatable bonds is 8. The Balaban J connectivity index is 1.93. The van der Waals surface area contributed by atoms with Crippen molar-refractivity contribution < 1.29 is 38.4 Å². The van der Waals surface area contributed by atoms with Crippen LogP contribution in [0.2, 0.25) is 0 Å². The van der Waals surface area contributed by atoms with Crippen LogP contribution < -0.4 is 5.56 Å². The number of hydrogen-bond acceptors (Lipinski definition) is 9. The second-order valence-corrected chi connectivity index (χ2v) is 11.9. The lowest BCUT2D eigenvalue weighted by atomic mass is 9.93. The number of halogens is 1. The van der Waals surface area contributed by atoms with E-state index in [4.69, 9.17) is 21.5 Å². The summed E-state index contributed by atoms with van der Waals surface area (Å²) in [4.78, 5) is 28.7. The molecule has 0 aliphatic carbocycles. The average Bonchev–Trinajstić information content (AvgIpc) is 3.04. The molecule has 4 unspecified atom stereocenters. The number of H-pyrrole nitrogens is 1. The molecule has 0 bridgehead atoms. The predicted octanol–water partition coefficient (Wildman–Crippen LogP) is 2.40. The molecule has 2 aromatic rings. The summed E-state index contributed by atoms with van der Waals surface area (Å²) in [6.45, 7) is 7.29. The fourth-order valence-electron chi connectivity index (χ4n) is 3.81. The summed E-state index contributed by atoms with van der Waals surface area (Å²) in [6, 6.07) is 0. The van der Waals surface area contributed by atoms with Crippen molar-refractivity contribution in [3.8, 4) is 0 Å². The van der Waals surface area contributed by atoms with Crippen LogP contribution in [0, 0.1) is 17.5 Å². The highest BCUT2D eigenvalue weighted by Gasteiger charge is 2.50. The fraction of sp³-hybridized carbons (Fsp3) is 0.667. The topological polar surface area (TPSA) is 167 Å². The van der Waals surface area contributed by atoms with Gasteiger partial charge in [0, 0.05) is 12.6 Å². The van der Waals surface area contributed by atoms with Crippen molar-refractivity contribution >= 4 is 30.8 Å². The third kappa shape index (κ3) is 5.14. The molecule has 0 spiro atoms. The van der Waals surface area contributed by atoms with E-state index in [0.717, 1.165) is 0 Å². The first-order chi connectivity index (χ1) is 16.1. The molecule has 1 saturated heterocycles. The molecular formula is C21H31FN3O8PS. The number of nitrogens with zero attached hydrogens (tertiary/aromatic N) is 2. The van der Waals surface area contributed by atoms with Gasteiger partial charge in [-0.2, -0.15) is 0 Å². The van der Waals surface area contributed by atoms with Crippen LogP contribution in [0.5, 0.6) is 0 Å². The van der Waals surface area contributed by atoms with E-state index in [1.54, 1.807) is 13.8 Å².